The second-order valence-corrected chi connectivity index (χ2v) is 28.7. The first-order chi connectivity index (χ1) is 21.9. The molecule has 0 heteroatoms. The highest BCUT2D eigenvalue weighted by molar-refractivity contribution is 6.07. The molecule has 28 fully saturated rings. The molecule has 28 aliphatic carbocycles. The summed E-state index contributed by atoms with van der Waals surface area (Å²) in [6.07, 6.45) is 33.1. The molecule has 0 saturated heterocycles. The largest absolute Gasteiger partial charge is 0.0459 e. The maximum absolute atomic E-state index is 1.93. The van der Waals surface area contributed by atoms with Gasteiger partial charge in [0.15, 0.2) is 0 Å². The normalized spacial score (nSPS) is 125. The van der Waals surface area contributed by atoms with Crippen LogP contribution in [-0.4, -0.2) is 0 Å². The maximum Gasteiger partial charge on any atom is -0.000347 e. The maximum atomic E-state index is 1.93. The Hall–Kier alpha value is 0. The summed E-state index contributed by atoms with van der Waals surface area (Å²) in [6, 6.07) is 0. The lowest BCUT2D eigenvalue weighted by Gasteiger charge is -3.61. The zero-order valence-corrected chi connectivity index (χ0v) is 26.2. The summed E-state index contributed by atoms with van der Waals surface area (Å²) in [5, 5.41) is 0. The Kier molecular flexibility index (Phi) is 0.938. The SMILES string of the molecule is C1C[C@@]23C[C@@]45CC67C[C@@]89C[C@]%10%11CC[C@@]%10%12C[C@]%10%13CC[C@]%10%14C[C@@]%10%15CC%16%17C[C@]%18%19C[C@]%20%21CC[C@@]%20%22C[C@]12C%221[C@]34C2([C@@]65C3([C@]%16%10C4([C@@]738)[C@@]%14%15C%13%12[C@@]4%119)[C@]%172%18)[C@@]1%21%19. The minimum absolute atomic E-state index is 0.988. The number of hydrogen-bond donors (Lipinski definition) is 0. The molecule has 0 radical (unpaired) electrons. The fourth-order valence-corrected chi connectivity index (χ4v) is 45.7. The fourth-order valence-electron chi connectivity index (χ4n) is 45.7. The van der Waals surface area contributed by atoms with Crippen molar-refractivity contribution in [2.75, 3.05) is 0 Å². The van der Waals surface area contributed by atoms with Gasteiger partial charge in [-0.1, -0.05) is 0 Å². The second-order valence-electron chi connectivity index (χ2n) is 28.7. The van der Waals surface area contributed by atoms with Crippen LogP contribution in [0, 0.1) is 146 Å². The lowest BCUT2D eigenvalue weighted by atomic mass is 8.41. The average molecular weight is 577 g/mol. The molecule has 7 unspecified atom stereocenters. The van der Waals surface area contributed by atoms with E-state index < -0.39 is 0 Å². The van der Waals surface area contributed by atoms with Gasteiger partial charge < -0.3 is 0 Å². The van der Waals surface area contributed by atoms with Crippen LogP contribution in [-0.2, 0) is 0 Å². The molecule has 0 amide bonds. The van der Waals surface area contributed by atoms with Crippen molar-refractivity contribution in [2.45, 2.75) is 116 Å². The van der Waals surface area contributed by atoms with Crippen molar-refractivity contribution in [1.29, 1.82) is 0 Å². The summed E-state index contributed by atoms with van der Waals surface area (Å²) in [7, 11) is 0. The summed E-state index contributed by atoms with van der Waals surface area (Å²) in [5.41, 5.74) is 27.6. The highest BCUT2D eigenvalue weighted by Crippen LogP contribution is 3.65. The Morgan fingerprint density at radius 2 is 0.267 bits per heavy atom. The summed E-state index contributed by atoms with van der Waals surface area (Å²) in [6.45, 7) is 0. The molecule has 0 heterocycles. The Labute approximate surface area is 261 Å². The van der Waals surface area contributed by atoms with Crippen molar-refractivity contribution in [1.82, 2.24) is 0 Å². The Bertz CT molecular complexity index is 2320. The molecule has 45 heavy (non-hydrogen) atoms. The van der Waals surface area contributed by atoms with Crippen LogP contribution < -0.4 is 0 Å². The van der Waals surface area contributed by atoms with E-state index in [-0.39, 0.29) is 0 Å². The highest BCUT2D eigenvalue weighted by atomic mass is 15.6. The lowest BCUT2D eigenvalue weighted by molar-refractivity contribution is -1.16. The van der Waals surface area contributed by atoms with Crippen molar-refractivity contribution in [3.05, 3.63) is 0 Å². The van der Waals surface area contributed by atoms with Gasteiger partial charge in [-0.15, -0.1) is 0 Å². The predicted molar refractivity (Wildman–Crippen MR) is 149 cm³/mol. The summed E-state index contributed by atoms with van der Waals surface area (Å²) in [4.78, 5) is 0. The van der Waals surface area contributed by atoms with Crippen LogP contribution in [0.1, 0.15) is 116 Å². The van der Waals surface area contributed by atoms with E-state index in [2.05, 4.69) is 0 Å². The minimum atomic E-state index is 0.988. The van der Waals surface area contributed by atoms with Crippen LogP contribution in [0.25, 0.3) is 0 Å². The molecular weight excluding hydrogens is 540 g/mol. The van der Waals surface area contributed by atoms with E-state index in [4.69, 9.17) is 0 Å². The van der Waals surface area contributed by atoms with Gasteiger partial charge in [-0.3, -0.25) is 0 Å². The van der Waals surface area contributed by atoms with Crippen LogP contribution in [0.2, 0.25) is 0 Å². The Balaban J connectivity index is 0.886. The van der Waals surface area contributed by atoms with Crippen LogP contribution >= 0.6 is 0 Å². The molecule has 0 aliphatic heterocycles. The third-order valence-electron chi connectivity index (χ3n) is 37.0. The molecule has 0 aromatic carbocycles. The molecule has 27 spiro atoms. The lowest BCUT2D eigenvalue weighted by Crippen LogP contribution is -3.59. The summed E-state index contributed by atoms with van der Waals surface area (Å²) in [5.74, 6) is 0. The van der Waals surface area contributed by atoms with Gasteiger partial charge >= 0.3 is 0 Å². The first kappa shape index (κ1) is 16.8. The van der Waals surface area contributed by atoms with Crippen molar-refractivity contribution >= 4 is 0 Å². The van der Waals surface area contributed by atoms with Crippen LogP contribution in [0.4, 0.5) is 0 Å². The van der Waals surface area contributed by atoms with Gasteiger partial charge in [0.1, 0.15) is 0 Å². The third kappa shape index (κ3) is 0.387. The molecule has 0 aromatic heterocycles. The summed E-state index contributed by atoms with van der Waals surface area (Å²) < 4.78 is 0. The predicted octanol–water partition coefficient (Wildman–Crippen LogP) is 7.02. The highest BCUT2D eigenvalue weighted by Gasteiger charge is 3.63. The smallest absolute Gasteiger partial charge is 0.000347 e. The van der Waals surface area contributed by atoms with Crippen LogP contribution in [0.15, 0.2) is 0 Å². The van der Waals surface area contributed by atoms with Gasteiger partial charge in [0.05, 0.1) is 0 Å². The molecule has 0 nitrogen and oxygen atoms in total. The molecule has 27 atom stereocenters. The Morgan fingerprint density at radius 3 is 0.467 bits per heavy atom. The third-order valence-corrected chi connectivity index (χ3v) is 37.0. The average Bonchev–Trinajstić information content (AvgIpc) is 2.85. The number of rotatable bonds is 0. The molecule has 28 aliphatic rings. The van der Waals surface area contributed by atoms with Crippen molar-refractivity contribution in [2.24, 2.45) is 146 Å². The van der Waals surface area contributed by atoms with Gasteiger partial charge in [-0.2, -0.15) is 0 Å². The standard InChI is InChI=1S/C45H36/c1-5-23-11-27-15-31-17-29-13-25-7-3-21(25)10-22-4-8-26(22)14-30-18-32-16-28-12-24-6-2-20(24)9-19(1,23)33(20)35(23,27)43(36(24,28)33)39(27,31)45(40(28,32)43)41(29,31)44(42(30,32)45)37(25,29)34(21,22)38(26,30)44/h1-18H2/t19-,20-,21-,22-,23-,24-,25-,26+,27-,28+,29-,30+,31?,32?,33?,34?,35+,36+,37-,38+,39+,40-,41-,42+,43?,44?,45?/m1/s1. The number of hydrogen-bond acceptors (Lipinski definition) is 0. The molecule has 28 rings (SSSR count). The van der Waals surface area contributed by atoms with Gasteiger partial charge in [0, 0.05) is 0 Å². The molecule has 0 N–H and O–H groups in total. The first-order valence-corrected chi connectivity index (χ1v) is 21.9. The Morgan fingerprint density at radius 1 is 0.133 bits per heavy atom. The van der Waals surface area contributed by atoms with E-state index in [0.717, 1.165) is 146 Å². The van der Waals surface area contributed by atoms with E-state index >= 15 is 0 Å². The van der Waals surface area contributed by atoms with E-state index in [1.54, 1.807) is 51.4 Å². The zero-order valence-electron chi connectivity index (χ0n) is 26.2. The van der Waals surface area contributed by atoms with Crippen LogP contribution in [0.5, 0.6) is 0 Å². The van der Waals surface area contributed by atoms with Crippen molar-refractivity contribution in [3.8, 4) is 0 Å². The minimum Gasteiger partial charge on any atom is -0.0459 e. The molecule has 28 saturated carbocycles. The molecule has 0 bridgehead atoms. The first-order valence-electron chi connectivity index (χ1n) is 21.9. The van der Waals surface area contributed by atoms with Crippen molar-refractivity contribution in [3.63, 3.8) is 0 Å². The fraction of sp³-hybridized carbons (Fsp3) is 1.00. The quantitative estimate of drug-likeness (QED) is 0.291. The van der Waals surface area contributed by atoms with Gasteiger partial charge in [0.25, 0.3) is 0 Å². The van der Waals surface area contributed by atoms with Gasteiger partial charge in [-0.25, -0.2) is 0 Å². The topological polar surface area (TPSA) is 0 Å². The van der Waals surface area contributed by atoms with Crippen LogP contribution in [0.3, 0.4) is 0 Å². The van der Waals surface area contributed by atoms with Gasteiger partial charge in [0.2, 0.25) is 0 Å². The van der Waals surface area contributed by atoms with Crippen molar-refractivity contribution < 1.29 is 0 Å². The molecular formula is C45H36. The van der Waals surface area contributed by atoms with E-state index in [1.807, 2.05) is 64.2 Å². The monoisotopic (exact) mass is 576 g/mol. The molecule has 216 valence electrons. The van der Waals surface area contributed by atoms with Gasteiger partial charge in [-0.05, 0) is 262 Å². The summed E-state index contributed by atoms with van der Waals surface area (Å²) >= 11 is 0. The molecule has 0 aromatic rings. The zero-order chi connectivity index (χ0) is 26.2. The second kappa shape index (κ2) is 2.51. The van der Waals surface area contributed by atoms with E-state index in [9.17, 15) is 0 Å². The van der Waals surface area contributed by atoms with E-state index in [1.165, 1.54) is 0 Å². The van der Waals surface area contributed by atoms with E-state index in [0.29, 0.717) is 0 Å².